The van der Waals surface area contributed by atoms with E-state index in [1.165, 1.54) is 7.11 Å². The van der Waals surface area contributed by atoms with Crippen LogP contribution in [0.1, 0.15) is 38.5 Å². The number of rotatable bonds is 1. The van der Waals surface area contributed by atoms with Gasteiger partial charge in [-0.15, -0.1) is 0 Å². The van der Waals surface area contributed by atoms with Crippen molar-refractivity contribution in [3.05, 3.63) is 0 Å². The first-order chi connectivity index (χ1) is 7.39. The summed E-state index contributed by atoms with van der Waals surface area (Å²) in [6.07, 6.45) is 2.68. The summed E-state index contributed by atoms with van der Waals surface area (Å²) in [4.78, 5) is 11.8. The molecule has 0 heterocycles. The normalized spacial score (nSPS) is 54.1. The number of ether oxygens (including phenoxy) is 1. The summed E-state index contributed by atoms with van der Waals surface area (Å²) in [6.45, 7) is 0. The van der Waals surface area contributed by atoms with Crippen LogP contribution in [0.15, 0.2) is 0 Å². The molecule has 0 aromatic rings. The minimum absolute atomic E-state index is 0.144. The summed E-state index contributed by atoms with van der Waals surface area (Å²) in [6, 6.07) is 0. The van der Waals surface area contributed by atoms with Crippen molar-refractivity contribution in [2.45, 2.75) is 49.8 Å². The van der Waals surface area contributed by atoms with E-state index in [2.05, 4.69) is 0 Å². The lowest BCUT2D eigenvalue weighted by Gasteiger charge is -2.60. The molecule has 4 unspecified atom stereocenters. The average molecular weight is 228 g/mol. The Morgan fingerprint density at radius 1 is 1.31 bits per heavy atom. The Morgan fingerprint density at radius 2 is 2.06 bits per heavy atom. The summed E-state index contributed by atoms with van der Waals surface area (Å²) < 4.78 is 19.3. The molecular weight excluding hydrogens is 211 g/mol. The van der Waals surface area contributed by atoms with Crippen molar-refractivity contribution in [2.24, 2.45) is 11.3 Å². The Labute approximate surface area is 94.0 Å². The Bertz CT molecular complexity index is 336. The first-order valence-electron chi connectivity index (χ1n) is 5.89. The summed E-state index contributed by atoms with van der Waals surface area (Å²) in [7, 11) is 1.34. The molecular formula is C12H17FO3. The molecule has 16 heavy (non-hydrogen) atoms. The molecule has 4 saturated carbocycles. The molecule has 3 nitrogen and oxygen atoms in total. The third-order valence-electron chi connectivity index (χ3n) is 4.59. The number of carbonyl (C=O) groups is 1. The van der Waals surface area contributed by atoms with Gasteiger partial charge in [-0.1, -0.05) is 0 Å². The van der Waals surface area contributed by atoms with Gasteiger partial charge in [0.05, 0.1) is 18.1 Å². The Hall–Kier alpha value is -0.640. The lowest BCUT2D eigenvalue weighted by Crippen LogP contribution is -2.63. The van der Waals surface area contributed by atoms with Crippen molar-refractivity contribution in [3.8, 4) is 0 Å². The number of hydrogen-bond donors (Lipinski definition) is 1. The Balaban J connectivity index is 2.01. The highest BCUT2D eigenvalue weighted by Crippen LogP contribution is 2.64. The van der Waals surface area contributed by atoms with E-state index in [1.807, 2.05) is 0 Å². The predicted molar refractivity (Wildman–Crippen MR) is 54.4 cm³/mol. The van der Waals surface area contributed by atoms with Crippen molar-refractivity contribution in [2.75, 3.05) is 7.11 Å². The van der Waals surface area contributed by atoms with Crippen LogP contribution in [-0.4, -0.2) is 29.5 Å². The number of alkyl halides is 1. The highest BCUT2D eigenvalue weighted by Gasteiger charge is 2.66. The van der Waals surface area contributed by atoms with Crippen LogP contribution in [0.3, 0.4) is 0 Å². The maximum atomic E-state index is 14.5. The standard InChI is InChI=1S/C12H17FO3/c1-16-9(14)10-2-8-3-11(13,5-10)7-12(15,4-8)6-10/h8,15H,2-7H2,1H3. The lowest BCUT2D eigenvalue weighted by molar-refractivity contribution is -0.218. The Morgan fingerprint density at radius 3 is 2.62 bits per heavy atom. The van der Waals surface area contributed by atoms with Gasteiger partial charge in [0.1, 0.15) is 5.67 Å². The number of methoxy groups -OCH3 is 1. The molecule has 4 rings (SSSR count). The number of carbonyl (C=O) groups excluding carboxylic acids is 1. The highest BCUT2D eigenvalue weighted by atomic mass is 19.1. The molecule has 0 radical (unpaired) electrons. The van der Waals surface area contributed by atoms with Gasteiger partial charge in [-0.25, -0.2) is 4.39 Å². The first kappa shape index (κ1) is 10.5. The third-order valence-corrected chi connectivity index (χ3v) is 4.59. The van der Waals surface area contributed by atoms with Gasteiger partial charge in [0.15, 0.2) is 0 Å². The van der Waals surface area contributed by atoms with E-state index in [0.717, 1.165) is 0 Å². The second-order valence-electron chi connectivity index (χ2n) is 6.16. The number of hydrogen-bond acceptors (Lipinski definition) is 3. The zero-order valence-corrected chi connectivity index (χ0v) is 9.46. The fourth-order valence-electron chi connectivity index (χ4n) is 4.71. The van der Waals surface area contributed by atoms with Crippen LogP contribution < -0.4 is 0 Å². The fourth-order valence-corrected chi connectivity index (χ4v) is 4.71. The van der Waals surface area contributed by atoms with Crippen LogP contribution >= 0.6 is 0 Å². The lowest BCUT2D eigenvalue weighted by atomic mass is 9.47. The van der Waals surface area contributed by atoms with Crippen molar-refractivity contribution in [1.82, 2.24) is 0 Å². The topological polar surface area (TPSA) is 46.5 Å². The molecule has 4 bridgehead atoms. The van der Waals surface area contributed by atoms with Gasteiger partial charge < -0.3 is 9.84 Å². The van der Waals surface area contributed by atoms with E-state index in [-0.39, 0.29) is 24.7 Å². The SMILES string of the molecule is COC(=O)C12CC3CC(O)(CC(F)(C3)C1)C2. The molecule has 0 spiro atoms. The van der Waals surface area contributed by atoms with E-state index in [0.29, 0.717) is 25.7 Å². The largest absolute Gasteiger partial charge is 0.469 e. The maximum absolute atomic E-state index is 14.5. The quantitative estimate of drug-likeness (QED) is 0.693. The minimum atomic E-state index is -1.34. The van der Waals surface area contributed by atoms with Crippen molar-refractivity contribution in [1.29, 1.82) is 0 Å². The minimum Gasteiger partial charge on any atom is -0.469 e. The summed E-state index contributed by atoms with van der Waals surface area (Å²) >= 11 is 0. The molecule has 1 N–H and O–H groups in total. The van der Waals surface area contributed by atoms with Gasteiger partial charge in [-0.2, -0.15) is 0 Å². The second kappa shape index (κ2) is 2.78. The molecule has 4 aliphatic carbocycles. The van der Waals surface area contributed by atoms with E-state index < -0.39 is 16.7 Å². The van der Waals surface area contributed by atoms with E-state index in [9.17, 15) is 14.3 Å². The van der Waals surface area contributed by atoms with Crippen LogP contribution in [-0.2, 0) is 9.53 Å². The number of aliphatic hydroxyl groups is 1. The average Bonchev–Trinajstić information content (AvgIpc) is 2.10. The number of halogens is 1. The summed E-state index contributed by atoms with van der Waals surface area (Å²) in [5.74, 6) is -0.192. The highest BCUT2D eigenvalue weighted by molar-refractivity contribution is 5.78. The fraction of sp³-hybridized carbons (Fsp3) is 0.917. The van der Waals surface area contributed by atoms with Crippen LogP contribution in [0.5, 0.6) is 0 Å². The molecule has 4 fully saturated rings. The summed E-state index contributed by atoms with van der Waals surface area (Å²) in [5.41, 5.74) is -3.07. The molecule has 4 heteroatoms. The zero-order valence-electron chi connectivity index (χ0n) is 9.46. The van der Waals surface area contributed by atoms with Gasteiger partial charge in [0.25, 0.3) is 0 Å². The molecule has 0 aromatic carbocycles. The van der Waals surface area contributed by atoms with Crippen molar-refractivity contribution in [3.63, 3.8) is 0 Å². The van der Waals surface area contributed by atoms with Crippen molar-refractivity contribution >= 4 is 5.97 Å². The molecule has 0 aromatic heterocycles. The smallest absolute Gasteiger partial charge is 0.312 e. The van der Waals surface area contributed by atoms with Gasteiger partial charge in [0.2, 0.25) is 0 Å². The monoisotopic (exact) mass is 228 g/mol. The zero-order chi connectivity index (χ0) is 11.6. The second-order valence-corrected chi connectivity index (χ2v) is 6.16. The van der Waals surface area contributed by atoms with Gasteiger partial charge in [0, 0.05) is 6.42 Å². The van der Waals surface area contributed by atoms with E-state index >= 15 is 0 Å². The molecule has 4 aliphatic rings. The van der Waals surface area contributed by atoms with Crippen molar-refractivity contribution < 1.29 is 19.0 Å². The first-order valence-corrected chi connectivity index (χ1v) is 5.89. The molecule has 0 aliphatic heterocycles. The molecule has 0 amide bonds. The summed E-state index contributed by atoms with van der Waals surface area (Å²) in [5, 5.41) is 10.3. The predicted octanol–water partition coefficient (Wildman–Crippen LogP) is 1.58. The maximum Gasteiger partial charge on any atom is 0.312 e. The molecule has 90 valence electrons. The van der Waals surface area contributed by atoms with E-state index in [4.69, 9.17) is 4.74 Å². The van der Waals surface area contributed by atoms with Crippen LogP contribution in [0.2, 0.25) is 0 Å². The Kier molecular flexibility index (Phi) is 1.83. The van der Waals surface area contributed by atoms with Gasteiger partial charge in [-0.3, -0.25) is 4.79 Å². The van der Waals surface area contributed by atoms with Gasteiger partial charge >= 0.3 is 5.97 Å². The number of esters is 1. The van der Waals surface area contributed by atoms with Crippen LogP contribution in [0.25, 0.3) is 0 Å². The van der Waals surface area contributed by atoms with Crippen LogP contribution in [0.4, 0.5) is 4.39 Å². The van der Waals surface area contributed by atoms with Crippen LogP contribution in [0, 0.1) is 11.3 Å². The van der Waals surface area contributed by atoms with Gasteiger partial charge in [-0.05, 0) is 38.0 Å². The third kappa shape index (κ3) is 1.25. The van der Waals surface area contributed by atoms with E-state index in [1.54, 1.807) is 0 Å². The molecule has 0 saturated heterocycles. The molecule has 4 atom stereocenters.